The number of hydrogen-bond acceptors (Lipinski definition) is 7. The molecule has 4 rings (SSSR count). The number of benzene rings is 1. The van der Waals surface area contributed by atoms with Gasteiger partial charge in [0.05, 0.1) is 32.6 Å². The summed E-state index contributed by atoms with van der Waals surface area (Å²) in [7, 11) is 0. The second-order valence-electron chi connectivity index (χ2n) is 5.89. The second-order valence-corrected chi connectivity index (χ2v) is 7.61. The van der Waals surface area contributed by atoms with Crippen molar-refractivity contribution in [3.8, 4) is 11.8 Å². The molecule has 1 unspecified atom stereocenters. The highest BCUT2D eigenvalue weighted by Gasteiger charge is 2.45. The van der Waals surface area contributed by atoms with Crippen LogP contribution in [0.15, 0.2) is 30.3 Å². The van der Waals surface area contributed by atoms with Crippen LogP contribution >= 0.6 is 22.9 Å². The van der Waals surface area contributed by atoms with Crippen LogP contribution in [0.2, 0.25) is 4.34 Å². The van der Waals surface area contributed by atoms with Crippen LogP contribution < -0.4 is 15.0 Å². The lowest BCUT2D eigenvalue weighted by atomic mass is 10.1. The highest BCUT2D eigenvalue weighted by Crippen LogP contribution is 2.40. The Bertz CT molecular complexity index is 896. The molecule has 1 amide bonds. The van der Waals surface area contributed by atoms with Crippen LogP contribution in [-0.4, -0.2) is 42.7 Å². The molecule has 1 aromatic heterocycles. The van der Waals surface area contributed by atoms with Crippen molar-refractivity contribution in [3.05, 3.63) is 45.1 Å². The summed E-state index contributed by atoms with van der Waals surface area (Å²) in [5.74, 6) is 0.287. The van der Waals surface area contributed by atoms with Gasteiger partial charge >= 0.3 is 0 Å². The van der Waals surface area contributed by atoms with Gasteiger partial charge in [-0.05, 0) is 24.3 Å². The van der Waals surface area contributed by atoms with E-state index in [4.69, 9.17) is 26.3 Å². The predicted octanol–water partition coefficient (Wildman–Crippen LogP) is 1.95. The van der Waals surface area contributed by atoms with Crippen LogP contribution in [0.1, 0.15) is 15.2 Å². The summed E-state index contributed by atoms with van der Waals surface area (Å²) in [4.78, 5) is 14.4. The quantitative estimate of drug-likeness (QED) is 0.830. The number of ether oxygens (including phenoxy) is 2. The van der Waals surface area contributed by atoms with Crippen molar-refractivity contribution in [2.24, 2.45) is 0 Å². The number of carbonyl (C=O) groups excluding carboxylic acids is 1. The molecule has 3 heterocycles. The molecule has 7 nitrogen and oxygen atoms in total. The molecule has 1 saturated heterocycles. The number of fused-ring (bicyclic) bond motifs is 3. The van der Waals surface area contributed by atoms with E-state index in [-0.39, 0.29) is 25.1 Å². The summed E-state index contributed by atoms with van der Waals surface area (Å²) in [6.45, 7) is 0.506. The van der Waals surface area contributed by atoms with Gasteiger partial charge in [-0.2, -0.15) is 5.26 Å². The summed E-state index contributed by atoms with van der Waals surface area (Å²) in [6, 6.07) is 10.1. The lowest BCUT2D eigenvalue weighted by molar-refractivity contribution is -0.0879. The van der Waals surface area contributed by atoms with Gasteiger partial charge < -0.3 is 24.8 Å². The average Bonchev–Trinajstić information content (AvgIpc) is 3.22. The van der Waals surface area contributed by atoms with Crippen molar-refractivity contribution < 1.29 is 19.4 Å². The van der Waals surface area contributed by atoms with Crippen LogP contribution in [0.4, 0.5) is 5.69 Å². The molecule has 134 valence electrons. The van der Waals surface area contributed by atoms with Gasteiger partial charge in [0.2, 0.25) is 6.41 Å². The molecule has 1 fully saturated rings. The molecule has 9 heteroatoms. The van der Waals surface area contributed by atoms with E-state index in [2.05, 4.69) is 11.4 Å². The number of nitriles is 1. The Hall–Kier alpha value is -2.31. The van der Waals surface area contributed by atoms with Gasteiger partial charge in [-0.1, -0.05) is 11.6 Å². The highest BCUT2D eigenvalue weighted by molar-refractivity contribution is 7.17. The van der Waals surface area contributed by atoms with Gasteiger partial charge in [-0.25, -0.2) is 0 Å². The van der Waals surface area contributed by atoms with E-state index < -0.39 is 12.5 Å². The predicted molar refractivity (Wildman–Crippen MR) is 95.5 cm³/mol. The molecule has 1 aromatic carbocycles. The number of nitrogens with one attached hydrogen (secondary N) is 1. The molecule has 2 aromatic rings. The molecule has 26 heavy (non-hydrogen) atoms. The molecule has 0 radical (unpaired) electrons. The average molecular weight is 392 g/mol. The van der Waals surface area contributed by atoms with Crippen molar-refractivity contribution >= 4 is 34.5 Å². The number of aliphatic hydroxyl groups is 1. The van der Waals surface area contributed by atoms with Crippen molar-refractivity contribution in [2.45, 2.75) is 18.6 Å². The zero-order valence-electron chi connectivity index (χ0n) is 13.4. The Morgan fingerprint density at radius 3 is 3.04 bits per heavy atom. The Labute approximate surface area is 158 Å². The fourth-order valence-electron chi connectivity index (χ4n) is 3.13. The molecule has 0 saturated carbocycles. The SMILES string of the molecule is N#Cc1ccc2c(c1)OC[C@H]1[C@H](CNC(=O)c3ccc(Cl)s3)OC(O)N21. The maximum atomic E-state index is 12.2. The topological polar surface area (TPSA) is 94.8 Å². The van der Waals surface area contributed by atoms with Gasteiger partial charge in [-0.3, -0.25) is 4.79 Å². The number of rotatable bonds is 3. The first-order valence-electron chi connectivity index (χ1n) is 7.89. The summed E-state index contributed by atoms with van der Waals surface area (Å²) in [5.41, 5.74) is 1.14. The normalized spacial score (nSPS) is 23.6. The van der Waals surface area contributed by atoms with Crippen molar-refractivity contribution in [1.29, 1.82) is 5.26 Å². The van der Waals surface area contributed by atoms with Gasteiger partial charge in [0, 0.05) is 12.6 Å². The molecule has 0 bridgehead atoms. The maximum Gasteiger partial charge on any atom is 0.261 e. The largest absolute Gasteiger partial charge is 0.489 e. The first-order chi connectivity index (χ1) is 12.6. The third-order valence-corrected chi connectivity index (χ3v) is 5.59. The van der Waals surface area contributed by atoms with Gasteiger partial charge in [0.1, 0.15) is 18.5 Å². The number of carbonyl (C=O) groups is 1. The fourth-order valence-corrected chi connectivity index (χ4v) is 4.09. The van der Waals surface area contributed by atoms with Crippen LogP contribution in [0, 0.1) is 11.3 Å². The molecule has 2 N–H and O–H groups in total. The summed E-state index contributed by atoms with van der Waals surface area (Å²) in [6.07, 6.45) is -1.58. The number of thiophene rings is 1. The number of hydrogen-bond donors (Lipinski definition) is 2. The van der Waals surface area contributed by atoms with Gasteiger partial charge in [0.15, 0.2) is 0 Å². The molecular formula is C17H14ClN3O4S. The van der Waals surface area contributed by atoms with Crippen LogP contribution in [0.5, 0.6) is 5.75 Å². The van der Waals surface area contributed by atoms with Crippen LogP contribution in [0.3, 0.4) is 0 Å². The van der Waals surface area contributed by atoms with Crippen LogP contribution in [0.25, 0.3) is 0 Å². The lowest BCUT2D eigenvalue weighted by Gasteiger charge is -2.34. The number of nitrogens with zero attached hydrogens (tertiary/aromatic N) is 2. The monoisotopic (exact) mass is 391 g/mol. The standard InChI is InChI=1S/C17H14ClN3O4S/c18-15-4-3-14(26-15)16(22)20-7-13-11-8-24-12-5-9(6-19)1-2-10(12)21(11)17(23)25-13/h1-5,11,13,17,23H,7-8H2,(H,20,22)/t11-,13-,17?/m0/s1. The van der Waals surface area contributed by atoms with Gasteiger partial charge in [0.25, 0.3) is 5.91 Å². The highest BCUT2D eigenvalue weighted by atomic mass is 35.5. The van der Waals surface area contributed by atoms with E-state index in [1.165, 1.54) is 11.3 Å². The lowest BCUT2D eigenvalue weighted by Crippen LogP contribution is -2.48. The fraction of sp³-hybridized carbons (Fsp3) is 0.294. The Morgan fingerprint density at radius 2 is 2.31 bits per heavy atom. The molecule has 2 aliphatic heterocycles. The Kier molecular flexibility index (Phi) is 4.46. The summed E-state index contributed by atoms with van der Waals surface area (Å²) >= 11 is 7.05. The third-order valence-electron chi connectivity index (χ3n) is 4.36. The Morgan fingerprint density at radius 1 is 1.46 bits per heavy atom. The van der Waals surface area contributed by atoms with Gasteiger partial charge in [-0.15, -0.1) is 11.3 Å². The second kappa shape index (κ2) is 6.78. The first kappa shape index (κ1) is 17.1. The number of halogens is 1. The van der Waals surface area contributed by atoms with Crippen LogP contribution in [-0.2, 0) is 4.74 Å². The van der Waals surface area contributed by atoms with E-state index in [0.717, 1.165) is 0 Å². The first-order valence-corrected chi connectivity index (χ1v) is 9.08. The minimum atomic E-state index is -1.14. The third kappa shape index (κ3) is 2.99. The smallest absolute Gasteiger partial charge is 0.261 e. The zero-order chi connectivity index (χ0) is 18.3. The molecule has 3 atom stereocenters. The van der Waals surface area contributed by atoms with E-state index in [0.29, 0.717) is 26.2 Å². The Balaban J connectivity index is 1.47. The van der Waals surface area contributed by atoms with Crippen molar-refractivity contribution in [3.63, 3.8) is 0 Å². The maximum absolute atomic E-state index is 12.2. The zero-order valence-corrected chi connectivity index (χ0v) is 15.0. The molecule has 2 aliphatic rings. The molecule has 0 spiro atoms. The summed E-state index contributed by atoms with van der Waals surface area (Å²) in [5, 5.41) is 22.1. The number of aliphatic hydroxyl groups excluding tert-OH is 1. The molecule has 0 aliphatic carbocycles. The van der Waals surface area contributed by atoms with E-state index in [9.17, 15) is 9.90 Å². The van der Waals surface area contributed by atoms with Crippen molar-refractivity contribution in [1.82, 2.24) is 5.32 Å². The minimum Gasteiger partial charge on any atom is -0.489 e. The van der Waals surface area contributed by atoms with E-state index in [1.54, 1.807) is 35.2 Å². The van der Waals surface area contributed by atoms with E-state index >= 15 is 0 Å². The van der Waals surface area contributed by atoms with E-state index in [1.807, 2.05) is 0 Å². The number of anilines is 1. The minimum absolute atomic E-state index is 0.224. The van der Waals surface area contributed by atoms with Crippen molar-refractivity contribution in [2.75, 3.05) is 18.1 Å². The molecular weight excluding hydrogens is 378 g/mol. The number of amides is 1. The summed E-state index contributed by atoms with van der Waals surface area (Å²) < 4.78 is 11.9.